The van der Waals surface area contributed by atoms with E-state index < -0.39 is 0 Å². The molecule has 5 heteroatoms. The first-order valence-electron chi connectivity index (χ1n) is 6.08. The highest BCUT2D eigenvalue weighted by molar-refractivity contribution is 8.14. The van der Waals surface area contributed by atoms with E-state index in [0.29, 0.717) is 6.42 Å². The molecule has 0 radical (unpaired) electrons. The van der Waals surface area contributed by atoms with Crippen molar-refractivity contribution in [3.63, 3.8) is 0 Å². The zero-order valence-electron chi connectivity index (χ0n) is 10.7. The molecule has 1 amide bonds. The molecular weight excluding hydrogens is 248 g/mol. The van der Waals surface area contributed by atoms with Crippen molar-refractivity contribution in [2.24, 2.45) is 0 Å². The Kier molecular flexibility index (Phi) is 3.80. The summed E-state index contributed by atoms with van der Waals surface area (Å²) in [7, 11) is 0. The van der Waals surface area contributed by atoms with Gasteiger partial charge in [-0.3, -0.25) is 9.59 Å². The number of carbonyl (C=O) groups excluding carboxylic acids is 2. The third-order valence-electron chi connectivity index (χ3n) is 3.17. The van der Waals surface area contributed by atoms with E-state index in [9.17, 15) is 9.59 Å². The third-order valence-corrected chi connectivity index (χ3v) is 4.18. The molecule has 1 fully saturated rings. The molecular formula is C13H18N2O2S. The molecule has 0 bridgehead atoms. The Labute approximate surface area is 111 Å². The SMILES string of the molecule is CC(C)(CC(=O)NC1CCSC1=O)n1cccc1. The van der Waals surface area contributed by atoms with Gasteiger partial charge in [-0.15, -0.1) is 0 Å². The van der Waals surface area contributed by atoms with Crippen molar-refractivity contribution in [1.29, 1.82) is 0 Å². The monoisotopic (exact) mass is 266 g/mol. The summed E-state index contributed by atoms with van der Waals surface area (Å²) in [6, 6.07) is 3.59. The fourth-order valence-electron chi connectivity index (χ4n) is 2.09. The van der Waals surface area contributed by atoms with Crippen LogP contribution in [0.2, 0.25) is 0 Å². The van der Waals surface area contributed by atoms with Crippen molar-refractivity contribution in [3.8, 4) is 0 Å². The zero-order chi connectivity index (χ0) is 13.2. The quantitative estimate of drug-likeness (QED) is 0.903. The highest BCUT2D eigenvalue weighted by Gasteiger charge is 2.29. The first-order chi connectivity index (χ1) is 8.49. The summed E-state index contributed by atoms with van der Waals surface area (Å²) in [5, 5.41) is 2.91. The molecule has 1 aliphatic rings. The molecule has 1 aromatic rings. The van der Waals surface area contributed by atoms with Crippen molar-refractivity contribution in [1.82, 2.24) is 9.88 Å². The van der Waals surface area contributed by atoms with Gasteiger partial charge >= 0.3 is 0 Å². The number of hydrogen-bond acceptors (Lipinski definition) is 3. The van der Waals surface area contributed by atoms with Gasteiger partial charge in [-0.2, -0.15) is 0 Å². The summed E-state index contributed by atoms with van der Waals surface area (Å²) < 4.78 is 2.01. The highest BCUT2D eigenvalue weighted by Crippen LogP contribution is 2.22. The number of amides is 1. The predicted octanol–water partition coefficient (Wildman–Crippen LogP) is 1.76. The number of nitrogens with zero attached hydrogens (tertiary/aromatic N) is 1. The molecule has 1 saturated heterocycles. The van der Waals surface area contributed by atoms with Crippen LogP contribution >= 0.6 is 11.8 Å². The Bertz CT molecular complexity index is 440. The molecule has 1 N–H and O–H groups in total. The predicted molar refractivity (Wildman–Crippen MR) is 72.4 cm³/mol. The van der Waals surface area contributed by atoms with Gasteiger partial charge in [-0.1, -0.05) is 11.8 Å². The lowest BCUT2D eigenvalue weighted by molar-refractivity contribution is -0.126. The standard InChI is InChI=1S/C13H18N2O2S/c1-13(2,15-6-3-4-7-15)9-11(16)14-10-5-8-18-12(10)17/h3-4,6-7,10H,5,8-9H2,1-2H3,(H,14,16). The van der Waals surface area contributed by atoms with Crippen molar-refractivity contribution in [3.05, 3.63) is 24.5 Å². The largest absolute Gasteiger partial charge is 0.348 e. The van der Waals surface area contributed by atoms with Gasteiger partial charge in [0.1, 0.15) is 0 Å². The van der Waals surface area contributed by atoms with Gasteiger partial charge in [0, 0.05) is 30.1 Å². The number of hydrogen-bond donors (Lipinski definition) is 1. The number of aromatic nitrogens is 1. The summed E-state index contributed by atoms with van der Waals surface area (Å²) in [5.41, 5.74) is -0.275. The van der Waals surface area contributed by atoms with E-state index in [0.717, 1.165) is 12.2 Å². The number of thioether (sulfide) groups is 1. The second kappa shape index (κ2) is 5.18. The molecule has 1 aromatic heterocycles. The van der Waals surface area contributed by atoms with E-state index in [1.54, 1.807) is 0 Å². The minimum absolute atomic E-state index is 0.0606. The average molecular weight is 266 g/mol. The normalized spacial score (nSPS) is 20.1. The minimum Gasteiger partial charge on any atom is -0.348 e. The Morgan fingerprint density at radius 2 is 2.17 bits per heavy atom. The van der Waals surface area contributed by atoms with Gasteiger partial charge in [0.15, 0.2) is 0 Å². The van der Waals surface area contributed by atoms with E-state index in [-0.39, 0.29) is 22.6 Å². The van der Waals surface area contributed by atoms with Crippen molar-refractivity contribution in [2.45, 2.75) is 38.3 Å². The zero-order valence-corrected chi connectivity index (χ0v) is 11.5. The highest BCUT2D eigenvalue weighted by atomic mass is 32.2. The third kappa shape index (κ3) is 2.96. The lowest BCUT2D eigenvalue weighted by atomic mass is 9.99. The van der Waals surface area contributed by atoms with Gasteiger partial charge in [0.05, 0.1) is 6.04 Å². The molecule has 0 saturated carbocycles. The van der Waals surface area contributed by atoms with Gasteiger partial charge in [-0.25, -0.2) is 0 Å². The molecule has 1 unspecified atom stereocenters. The van der Waals surface area contributed by atoms with Crippen molar-refractivity contribution >= 4 is 22.8 Å². The molecule has 98 valence electrons. The Morgan fingerprint density at radius 3 is 2.72 bits per heavy atom. The maximum absolute atomic E-state index is 12.0. The second-order valence-corrected chi connectivity index (χ2v) is 6.26. The van der Waals surface area contributed by atoms with Crippen LogP contribution in [0.15, 0.2) is 24.5 Å². The van der Waals surface area contributed by atoms with Crippen LogP contribution in [-0.4, -0.2) is 27.4 Å². The second-order valence-electron chi connectivity index (χ2n) is 5.16. The molecule has 0 aliphatic carbocycles. The summed E-state index contributed by atoms with van der Waals surface area (Å²) in [6.45, 7) is 4.02. The van der Waals surface area contributed by atoms with Gasteiger partial charge < -0.3 is 9.88 Å². The molecule has 2 rings (SSSR count). The van der Waals surface area contributed by atoms with Crippen molar-refractivity contribution in [2.75, 3.05) is 5.75 Å². The van der Waals surface area contributed by atoms with E-state index in [1.807, 2.05) is 42.9 Å². The van der Waals surface area contributed by atoms with Crippen LogP contribution in [0.4, 0.5) is 0 Å². The van der Waals surface area contributed by atoms with E-state index in [4.69, 9.17) is 0 Å². The van der Waals surface area contributed by atoms with Crippen LogP contribution in [0, 0.1) is 0 Å². The summed E-state index contributed by atoms with van der Waals surface area (Å²) in [6.07, 6.45) is 5.02. The van der Waals surface area contributed by atoms with Gasteiger partial charge in [-0.05, 0) is 32.4 Å². The maximum Gasteiger partial charge on any atom is 0.222 e. The summed E-state index contributed by atoms with van der Waals surface area (Å²) >= 11 is 1.30. The molecule has 1 atom stereocenters. The Morgan fingerprint density at radius 1 is 1.50 bits per heavy atom. The fraction of sp³-hybridized carbons (Fsp3) is 0.538. The van der Waals surface area contributed by atoms with Crippen molar-refractivity contribution < 1.29 is 9.59 Å². The average Bonchev–Trinajstić information content (AvgIpc) is 2.90. The van der Waals surface area contributed by atoms with Gasteiger partial charge in [0.2, 0.25) is 11.0 Å². The fourth-order valence-corrected chi connectivity index (χ4v) is 3.03. The number of carbonyl (C=O) groups is 2. The molecule has 1 aliphatic heterocycles. The van der Waals surface area contributed by atoms with Crippen LogP contribution in [-0.2, 0) is 15.1 Å². The van der Waals surface area contributed by atoms with Crippen LogP contribution in [0.3, 0.4) is 0 Å². The number of nitrogens with one attached hydrogen (secondary N) is 1. The van der Waals surface area contributed by atoms with Crippen LogP contribution in [0.1, 0.15) is 26.7 Å². The topological polar surface area (TPSA) is 51.1 Å². The summed E-state index contributed by atoms with van der Waals surface area (Å²) in [4.78, 5) is 23.4. The molecule has 18 heavy (non-hydrogen) atoms. The maximum atomic E-state index is 12.0. The number of rotatable bonds is 4. The van der Waals surface area contributed by atoms with E-state index >= 15 is 0 Å². The smallest absolute Gasteiger partial charge is 0.222 e. The van der Waals surface area contributed by atoms with Crippen LogP contribution < -0.4 is 5.32 Å². The minimum atomic E-state index is -0.289. The molecule has 2 heterocycles. The van der Waals surface area contributed by atoms with Gasteiger partial charge in [0.25, 0.3) is 0 Å². The Hall–Kier alpha value is -1.23. The van der Waals surface area contributed by atoms with E-state index in [2.05, 4.69) is 5.32 Å². The first-order valence-corrected chi connectivity index (χ1v) is 7.07. The lowest BCUT2D eigenvalue weighted by Crippen LogP contribution is -2.41. The lowest BCUT2D eigenvalue weighted by Gasteiger charge is -2.27. The Balaban J connectivity index is 1.93. The summed E-state index contributed by atoms with van der Waals surface area (Å²) in [5.74, 6) is 0.750. The first kappa shape index (κ1) is 13.2. The van der Waals surface area contributed by atoms with E-state index in [1.165, 1.54) is 11.8 Å². The molecule has 0 aromatic carbocycles. The molecule has 0 spiro atoms. The van der Waals surface area contributed by atoms with Crippen LogP contribution in [0.5, 0.6) is 0 Å². The molecule has 4 nitrogen and oxygen atoms in total. The van der Waals surface area contributed by atoms with Crippen LogP contribution in [0.25, 0.3) is 0 Å².